The number of hydrogen-bond acceptors (Lipinski definition) is 6. The van der Waals surface area contributed by atoms with Crippen molar-refractivity contribution in [3.63, 3.8) is 0 Å². The van der Waals surface area contributed by atoms with Crippen molar-refractivity contribution in [1.29, 1.82) is 0 Å². The van der Waals surface area contributed by atoms with E-state index in [-0.39, 0.29) is 11.4 Å². The van der Waals surface area contributed by atoms with Gasteiger partial charge in [-0.05, 0) is 64.5 Å². The van der Waals surface area contributed by atoms with E-state index < -0.39 is 10.0 Å². The minimum atomic E-state index is -3.72. The molecule has 0 radical (unpaired) electrons. The number of rotatable bonds is 7. The topological polar surface area (TPSA) is 99.0 Å². The molecule has 8 nitrogen and oxygen atoms in total. The molecule has 0 aliphatic carbocycles. The Kier molecular flexibility index (Phi) is 5.24. The summed E-state index contributed by atoms with van der Waals surface area (Å²) < 4.78 is 34.9. The zero-order valence-corrected chi connectivity index (χ0v) is 16.5. The SMILES string of the molecule is CCOc1ccc(-n2nnnc2CNS(=O)(=O)c2ccc3ccccc3c2)cc1. The van der Waals surface area contributed by atoms with Gasteiger partial charge in [-0.25, -0.2) is 13.1 Å². The van der Waals surface area contributed by atoms with Gasteiger partial charge in [0.1, 0.15) is 5.75 Å². The summed E-state index contributed by atoms with van der Waals surface area (Å²) in [6, 6.07) is 19.8. The van der Waals surface area contributed by atoms with Crippen LogP contribution < -0.4 is 9.46 Å². The molecule has 9 heteroatoms. The Balaban J connectivity index is 1.53. The molecule has 0 saturated heterocycles. The largest absolute Gasteiger partial charge is 0.494 e. The monoisotopic (exact) mass is 409 g/mol. The van der Waals surface area contributed by atoms with Gasteiger partial charge in [-0.15, -0.1) is 5.10 Å². The summed E-state index contributed by atoms with van der Waals surface area (Å²) in [4.78, 5) is 0.191. The van der Waals surface area contributed by atoms with E-state index in [1.54, 1.807) is 18.2 Å². The van der Waals surface area contributed by atoms with Crippen molar-refractivity contribution in [3.8, 4) is 11.4 Å². The van der Waals surface area contributed by atoms with Crippen molar-refractivity contribution in [2.24, 2.45) is 0 Å². The van der Waals surface area contributed by atoms with E-state index in [9.17, 15) is 8.42 Å². The highest BCUT2D eigenvalue weighted by atomic mass is 32.2. The second-order valence-electron chi connectivity index (χ2n) is 6.27. The van der Waals surface area contributed by atoms with E-state index in [2.05, 4.69) is 20.2 Å². The molecule has 0 fully saturated rings. The van der Waals surface area contributed by atoms with Crippen LogP contribution in [0.1, 0.15) is 12.7 Å². The van der Waals surface area contributed by atoms with Crippen LogP contribution in [0.2, 0.25) is 0 Å². The molecule has 29 heavy (non-hydrogen) atoms. The Morgan fingerprint density at radius 2 is 1.76 bits per heavy atom. The summed E-state index contributed by atoms with van der Waals surface area (Å²) in [5.74, 6) is 1.11. The highest BCUT2D eigenvalue weighted by Crippen LogP contribution is 2.19. The van der Waals surface area contributed by atoms with Crippen LogP contribution in [0, 0.1) is 0 Å². The minimum absolute atomic E-state index is 0.0463. The van der Waals surface area contributed by atoms with Crippen LogP contribution in [0.3, 0.4) is 0 Å². The van der Waals surface area contributed by atoms with Gasteiger partial charge in [0.15, 0.2) is 5.82 Å². The fourth-order valence-electron chi connectivity index (χ4n) is 2.94. The molecule has 0 spiro atoms. The van der Waals surface area contributed by atoms with Gasteiger partial charge in [0.2, 0.25) is 10.0 Å². The third kappa shape index (κ3) is 4.10. The maximum atomic E-state index is 12.7. The first kappa shape index (κ1) is 19.0. The van der Waals surface area contributed by atoms with Gasteiger partial charge < -0.3 is 4.74 Å². The predicted molar refractivity (Wildman–Crippen MR) is 108 cm³/mol. The van der Waals surface area contributed by atoms with Crippen molar-refractivity contribution in [1.82, 2.24) is 24.9 Å². The molecule has 0 saturated carbocycles. The minimum Gasteiger partial charge on any atom is -0.494 e. The van der Waals surface area contributed by atoms with Crippen LogP contribution in [0.15, 0.2) is 71.6 Å². The summed E-state index contributed by atoms with van der Waals surface area (Å²) >= 11 is 0. The molecule has 1 N–H and O–H groups in total. The average molecular weight is 409 g/mol. The Morgan fingerprint density at radius 1 is 1.00 bits per heavy atom. The van der Waals surface area contributed by atoms with Gasteiger partial charge in [-0.1, -0.05) is 30.3 Å². The Morgan fingerprint density at radius 3 is 2.52 bits per heavy atom. The average Bonchev–Trinajstić information content (AvgIpc) is 3.21. The molecule has 0 amide bonds. The lowest BCUT2D eigenvalue weighted by molar-refractivity contribution is 0.340. The summed E-state index contributed by atoms with van der Waals surface area (Å²) in [5, 5.41) is 13.4. The smallest absolute Gasteiger partial charge is 0.240 e. The fourth-order valence-corrected chi connectivity index (χ4v) is 3.96. The number of tetrazole rings is 1. The van der Waals surface area contributed by atoms with E-state index >= 15 is 0 Å². The number of nitrogens with zero attached hydrogens (tertiary/aromatic N) is 4. The second kappa shape index (κ2) is 7.98. The lowest BCUT2D eigenvalue weighted by Gasteiger charge is -2.09. The molecule has 0 aliphatic rings. The number of benzene rings is 3. The molecule has 148 valence electrons. The third-order valence-electron chi connectivity index (χ3n) is 4.38. The lowest BCUT2D eigenvalue weighted by atomic mass is 10.1. The van der Waals surface area contributed by atoms with Crippen LogP contribution in [0.5, 0.6) is 5.75 Å². The summed E-state index contributed by atoms with van der Waals surface area (Å²) in [7, 11) is -3.72. The van der Waals surface area contributed by atoms with Gasteiger partial charge in [-0.2, -0.15) is 4.68 Å². The highest BCUT2D eigenvalue weighted by Gasteiger charge is 2.17. The maximum Gasteiger partial charge on any atom is 0.240 e. The molecule has 4 aromatic rings. The number of hydrogen-bond donors (Lipinski definition) is 1. The molecule has 0 aliphatic heterocycles. The van der Waals surface area contributed by atoms with E-state index in [0.717, 1.165) is 16.5 Å². The van der Waals surface area contributed by atoms with Crippen molar-refractivity contribution < 1.29 is 13.2 Å². The number of fused-ring (bicyclic) bond motifs is 1. The van der Waals surface area contributed by atoms with E-state index in [0.29, 0.717) is 18.1 Å². The second-order valence-corrected chi connectivity index (χ2v) is 8.03. The number of ether oxygens (including phenoxy) is 1. The Bertz CT molecular complexity index is 1240. The zero-order chi connectivity index (χ0) is 20.3. The first-order valence-electron chi connectivity index (χ1n) is 9.06. The summed E-state index contributed by atoms with van der Waals surface area (Å²) in [6.07, 6.45) is 0. The molecule has 1 aromatic heterocycles. The first-order chi connectivity index (χ1) is 14.1. The van der Waals surface area contributed by atoms with Crippen molar-refractivity contribution in [2.45, 2.75) is 18.4 Å². The number of sulfonamides is 1. The highest BCUT2D eigenvalue weighted by molar-refractivity contribution is 7.89. The van der Waals surface area contributed by atoms with E-state index in [4.69, 9.17) is 4.74 Å². The Hall–Kier alpha value is -3.30. The molecule has 1 heterocycles. The van der Waals surface area contributed by atoms with Crippen LogP contribution in [-0.4, -0.2) is 35.2 Å². The maximum absolute atomic E-state index is 12.7. The molecule has 4 rings (SSSR count). The molecular weight excluding hydrogens is 390 g/mol. The number of aromatic nitrogens is 4. The van der Waals surface area contributed by atoms with Gasteiger partial charge in [0.05, 0.1) is 23.7 Å². The van der Waals surface area contributed by atoms with Crippen LogP contribution in [0.25, 0.3) is 16.5 Å². The molecule has 0 unspecified atom stereocenters. The third-order valence-corrected chi connectivity index (χ3v) is 5.78. The normalized spacial score (nSPS) is 11.6. The fraction of sp³-hybridized carbons (Fsp3) is 0.150. The zero-order valence-electron chi connectivity index (χ0n) is 15.7. The molecule has 0 bridgehead atoms. The lowest BCUT2D eigenvalue weighted by Crippen LogP contribution is -2.25. The summed E-state index contributed by atoms with van der Waals surface area (Å²) in [5.41, 5.74) is 0.707. The van der Waals surface area contributed by atoms with Crippen LogP contribution >= 0.6 is 0 Å². The van der Waals surface area contributed by atoms with Crippen molar-refractivity contribution in [3.05, 3.63) is 72.6 Å². The summed E-state index contributed by atoms with van der Waals surface area (Å²) in [6.45, 7) is 2.44. The Labute approximate surface area is 168 Å². The van der Waals surface area contributed by atoms with Gasteiger partial charge in [-0.3, -0.25) is 0 Å². The molecular formula is C20H19N5O3S. The van der Waals surface area contributed by atoms with Gasteiger partial charge >= 0.3 is 0 Å². The van der Waals surface area contributed by atoms with Gasteiger partial charge in [0.25, 0.3) is 0 Å². The molecule has 3 aromatic carbocycles. The van der Waals surface area contributed by atoms with E-state index in [1.807, 2.05) is 55.5 Å². The van der Waals surface area contributed by atoms with E-state index in [1.165, 1.54) is 4.68 Å². The number of nitrogens with one attached hydrogen (secondary N) is 1. The standard InChI is InChI=1S/C20H19N5O3S/c1-2-28-18-10-8-17(9-11-18)25-20(22-23-24-25)14-21-29(26,27)19-12-7-15-5-3-4-6-16(15)13-19/h3-13,21H,2,14H2,1H3. The predicted octanol–water partition coefficient (Wildman–Crippen LogP) is 2.69. The van der Waals surface area contributed by atoms with Gasteiger partial charge in [0, 0.05) is 0 Å². The first-order valence-corrected chi connectivity index (χ1v) is 10.5. The quantitative estimate of drug-likeness (QED) is 0.504. The van der Waals surface area contributed by atoms with Crippen LogP contribution in [0.4, 0.5) is 0 Å². The van der Waals surface area contributed by atoms with Crippen LogP contribution in [-0.2, 0) is 16.6 Å². The van der Waals surface area contributed by atoms with Crippen molar-refractivity contribution >= 4 is 20.8 Å². The molecule has 0 atom stereocenters. The van der Waals surface area contributed by atoms with Crippen molar-refractivity contribution in [2.75, 3.05) is 6.61 Å².